The van der Waals surface area contributed by atoms with Crippen molar-refractivity contribution in [1.82, 2.24) is 21.0 Å². The number of pyridine rings is 1. The van der Waals surface area contributed by atoms with Gasteiger partial charge < -0.3 is 16.1 Å². The summed E-state index contributed by atoms with van der Waals surface area (Å²) in [7, 11) is 0. The molecular formula is C28H31Cl2N7. The first-order valence-corrected chi connectivity index (χ1v) is 13.1. The molecule has 1 aromatic heterocycles. The highest BCUT2D eigenvalue weighted by Gasteiger charge is 2.44. The number of fused-ring (bicyclic) bond motifs is 1. The Bertz CT molecular complexity index is 1420. The molecule has 1 saturated carbocycles. The molecule has 4 N–H and O–H groups in total. The molecule has 2 heterocycles. The Balaban J connectivity index is 1.57. The lowest BCUT2D eigenvalue weighted by Gasteiger charge is -2.24. The van der Waals surface area contributed by atoms with E-state index in [9.17, 15) is 5.26 Å². The van der Waals surface area contributed by atoms with Crippen LogP contribution in [0, 0.1) is 16.7 Å². The summed E-state index contributed by atoms with van der Waals surface area (Å²) in [4.78, 5) is 4.49. The Kier molecular flexibility index (Phi) is 6.61. The number of nitriles is 1. The average Bonchev–Trinajstić information content (AvgIpc) is 3.40. The second-order valence-corrected chi connectivity index (χ2v) is 12.0. The van der Waals surface area contributed by atoms with E-state index in [0.717, 1.165) is 40.9 Å². The van der Waals surface area contributed by atoms with Crippen molar-refractivity contribution in [3.8, 4) is 6.07 Å². The maximum atomic E-state index is 9.79. The molecule has 1 aliphatic carbocycles. The number of nitrogens with one attached hydrogen (secondary N) is 4. The lowest BCUT2D eigenvalue weighted by atomic mass is 9.96. The van der Waals surface area contributed by atoms with Crippen molar-refractivity contribution >= 4 is 45.5 Å². The molecule has 7 nitrogen and oxygen atoms in total. The number of halogens is 2. The highest BCUT2D eigenvalue weighted by atomic mass is 35.5. The van der Waals surface area contributed by atoms with Gasteiger partial charge in [-0.3, -0.25) is 9.99 Å². The molecule has 0 spiro atoms. The van der Waals surface area contributed by atoms with Gasteiger partial charge in [0.2, 0.25) is 0 Å². The zero-order chi connectivity index (χ0) is 26.4. The van der Waals surface area contributed by atoms with Crippen LogP contribution in [-0.2, 0) is 0 Å². The smallest absolute Gasteiger partial charge is 0.103 e. The van der Waals surface area contributed by atoms with E-state index in [0.29, 0.717) is 27.7 Å². The summed E-state index contributed by atoms with van der Waals surface area (Å²) in [6.07, 6.45) is 5.94. The van der Waals surface area contributed by atoms with Gasteiger partial charge >= 0.3 is 0 Å². The van der Waals surface area contributed by atoms with Crippen LogP contribution in [0.3, 0.4) is 0 Å². The van der Waals surface area contributed by atoms with E-state index in [1.165, 1.54) is 0 Å². The third-order valence-electron chi connectivity index (χ3n) is 6.82. The van der Waals surface area contributed by atoms with Gasteiger partial charge in [-0.05, 0) is 48.9 Å². The van der Waals surface area contributed by atoms with E-state index in [2.05, 4.69) is 71.6 Å². The fourth-order valence-corrected chi connectivity index (χ4v) is 4.87. The molecule has 0 bridgehead atoms. The van der Waals surface area contributed by atoms with Crippen molar-refractivity contribution < 1.29 is 0 Å². The molecule has 9 heteroatoms. The van der Waals surface area contributed by atoms with Gasteiger partial charge in [0.25, 0.3) is 0 Å². The molecule has 1 fully saturated rings. The number of hydrazine groups is 2. The summed E-state index contributed by atoms with van der Waals surface area (Å²) in [5, 5.41) is 21.0. The predicted molar refractivity (Wildman–Crippen MR) is 151 cm³/mol. The molecule has 0 radical (unpaired) electrons. The van der Waals surface area contributed by atoms with Crippen LogP contribution in [0.2, 0.25) is 10.0 Å². The molecule has 1 atom stereocenters. The largest absolute Gasteiger partial charge is 0.383 e. The van der Waals surface area contributed by atoms with E-state index >= 15 is 0 Å². The van der Waals surface area contributed by atoms with Gasteiger partial charge in [-0.15, -0.1) is 5.53 Å². The van der Waals surface area contributed by atoms with E-state index in [4.69, 9.17) is 23.2 Å². The Hall–Kier alpha value is -3.18. The van der Waals surface area contributed by atoms with Gasteiger partial charge in [-0.2, -0.15) is 5.26 Å². The summed E-state index contributed by atoms with van der Waals surface area (Å²) in [5.74, 6) is 0. The van der Waals surface area contributed by atoms with Gasteiger partial charge in [-0.25, -0.2) is 0 Å². The van der Waals surface area contributed by atoms with E-state index < -0.39 is 0 Å². The Morgan fingerprint density at radius 2 is 1.95 bits per heavy atom. The second-order valence-electron chi connectivity index (χ2n) is 11.2. The van der Waals surface area contributed by atoms with E-state index in [-0.39, 0.29) is 17.0 Å². The standard InChI is InChI=1S/C28H31Cl2N7/c1-27(2,3)16-33-24-17(13-31)14-32-25-20(24)11-18(12-22(25)30)34-26(19-7-5-6-8-21(19)29)23-15-37(36-35-23)28(4)9-10-28/h5-8,11-12,14-15,26,34-36H,9-10,16H2,1-4H3,(H,32,33). The first-order chi connectivity index (χ1) is 17.6. The van der Waals surface area contributed by atoms with Gasteiger partial charge in [0.1, 0.15) is 6.07 Å². The molecule has 1 unspecified atom stereocenters. The number of hydrogen-bond donors (Lipinski definition) is 4. The Labute approximate surface area is 227 Å². The number of benzene rings is 2. The van der Waals surface area contributed by atoms with Crippen molar-refractivity contribution in [3.05, 3.63) is 75.7 Å². The van der Waals surface area contributed by atoms with Crippen molar-refractivity contribution in [2.45, 2.75) is 52.1 Å². The SMILES string of the molecule is CC(C)(C)CNc1c(C#N)cnc2c(Cl)cc(NC(C3=CN(C4(C)CC4)NN3)c3ccccc3Cl)cc12. The van der Waals surface area contributed by atoms with Gasteiger partial charge in [-0.1, -0.05) is 62.2 Å². The van der Waals surface area contributed by atoms with E-state index in [1.54, 1.807) is 6.20 Å². The van der Waals surface area contributed by atoms with Crippen LogP contribution in [0.1, 0.15) is 57.7 Å². The van der Waals surface area contributed by atoms with Crippen molar-refractivity contribution in [2.75, 3.05) is 17.2 Å². The zero-order valence-electron chi connectivity index (χ0n) is 21.4. The van der Waals surface area contributed by atoms with Crippen LogP contribution >= 0.6 is 23.2 Å². The summed E-state index contributed by atoms with van der Waals surface area (Å²) >= 11 is 13.4. The normalized spacial score (nSPS) is 17.1. The lowest BCUT2D eigenvalue weighted by molar-refractivity contribution is 0.190. The summed E-state index contributed by atoms with van der Waals surface area (Å²) < 4.78 is 0. The molecule has 5 rings (SSSR count). The zero-order valence-corrected chi connectivity index (χ0v) is 22.9. The van der Waals surface area contributed by atoms with Crippen LogP contribution in [0.5, 0.6) is 0 Å². The molecule has 0 saturated heterocycles. The number of anilines is 2. The minimum atomic E-state index is -0.278. The highest BCUT2D eigenvalue weighted by Crippen LogP contribution is 2.43. The maximum Gasteiger partial charge on any atom is 0.103 e. The van der Waals surface area contributed by atoms with Crippen LogP contribution in [0.15, 0.2) is 54.5 Å². The quantitative estimate of drug-likeness (QED) is 0.266. The van der Waals surface area contributed by atoms with Gasteiger partial charge in [0.15, 0.2) is 0 Å². The van der Waals surface area contributed by atoms with Crippen LogP contribution in [0.4, 0.5) is 11.4 Å². The number of aromatic nitrogens is 1. The van der Waals surface area contributed by atoms with Gasteiger partial charge in [0, 0.05) is 35.0 Å². The first kappa shape index (κ1) is 25.5. The summed E-state index contributed by atoms with van der Waals surface area (Å²) in [6.45, 7) is 9.35. The van der Waals surface area contributed by atoms with Crippen LogP contribution in [0.25, 0.3) is 10.9 Å². The number of nitrogens with zero attached hydrogens (tertiary/aromatic N) is 3. The average molecular weight is 537 g/mol. The number of hydrogen-bond acceptors (Lipinski definition) is 7. The third-order valence-corrected chi connectivity index (χ3v) is 7.46. The lowest BCUT2D eigenvalue weighted by Crippen LogP contribution is -2.43. The van der Waals surface area contributed by atoms with Crippen molar-refractivity contribution in [1.29, 1.82) is 5.26 Å². The second kappa shape index (κ2) is 9.60. The molecule has 37 heavy (non-hydrogen) atoms. The molecular weight excluding hydrogens is 505 g/mol. The molecule has 2 aromatic carbocycles. The minimum Gasteiger partial charge on any atom is -0.383 e. The molecule has 0 amide bonds. The predicted octanol–water partition coefficient (Wildman–Crippen LogP) is 6.74. The van der Waals surface area contributed by atoms with Crippen molar-refractivity contribution in [3.63, 3.8) is 0 Å². The molecule has 192 valence electrons. The fraction of sp³-hybridized carbons (Fsp3) is 0.357. The topological polar surface area (TPSA) is 88.0 Å². The Morgan fingerprint density at radius 3 is 2.62 bits per heavy atom. The molecule has 3 aromatic rings. The minimum absolute atomic E-state index is 0.0226. The molecule has 2 aliphatic rings. The molecule has 1 aliphatic heterocycles. The Morgan fingerprint density at radius 1 is 1.19 bits per heavy atom. The maximum absolute atomic E-state index is 9.79. The van der Waals surface area contributed by atoms with Crippen LogP contribution < -0.4 is 21.6 Å². The monoisotopic (exact) mass is 535 g/mol. The van der Waals surface area contributed by atoms with Crippen molar-refractivity contribution in [2.24, 2.45) is 5.41 Å². The highest BCUT2D eigenvalue weighted by molar-refractivity contribution is 6.36. The van der Waals surface area contributed by atoms with Gasteiger partial charge in [0.05, 0.1) is 39.1 Å². The third kappa shape index (κ3) is 5.28. The first-order valence-electron chi connectivity index (χ1n) is 12.4. The summed E-state index contributed by atoms with van der Waals surface area (Å²) in [5.41, 5.74) is 11.3. The summed E-state index contributed by atoms with van der Waals surface area (Å²) in [6, 6.07) is 13.6. The van der Waals surface area contributed by atoms with Crippen LogP contribution in [-0.4, -0.2) is 22.1 Å². The fourth-order valence-electron chi connectivity index (χ4n) is 4.36. The number of rotatable bonds is 7. The van der Waals surface area contributed by atoms with E-state index in [1.807, 2.05) is 36.4 Å².